The van der Waals surface area contributed by atoms with Gasteiger partial charge in [-0.2, -0.15) is 0 Å². The van der Waals surface area contributed by atoms with Gasteiger partial charge in [0.2, 0.25) is 0 Å². The zero-order valence-electron chi connectivity index (χ0n) is 20.7. The fourth-order valence-corrected chi connectivity index (χ4v) is 5.92. The van der Waals surface area contributed by atoms with Gasteiger partial charge in [0.1, 0.15) is 5.71 Å². The standard InChI is InChI=1S/C32H31NO2/c1-4-19-32(20-5-2)29-16-9-8-14-26(29)27-18-17-24(21-30(27)32)31(33-35-22(3)34)28-15-10-12-23-11-6-7-13-25(23)28/h6-18,21H,4-5,19-20H2,1-3H3/b33-31-. The highest BCUT2D eigenvalue weighted by Gasteiger charge is 2.41. The van der Waals surface area contributed by atoms with Gasteiger partial charge in [-0.3, -0.25) is 0 Å². The van der Waals surface area contributed by atoms with Crippen LogP contribution >= 0.6 is 0 Å². The van der Waals surface area contributed by atoms with E-state index in [-0.39, 0.29) is 5.41 Å². The Kier molecular flexibility index (Phi) is 6.25. The molecule has 0 unspecified atom stereocenters. The van der Waals surface area contributed by atoms with Crippen LogP contribution in [0.25, 0.3) is 21.9 Å². The van der Waals surface area contributed by atoms with Crippen molar-refractivity contribution >= 4 is 22.5 Å². The molecule has 0 spiro atoms. The normalized spacial score (nSPS) is 14.0. The minimum Gasteiger partial charge on any atom is -0.318 e. The Morgan fingerprint density at radius 2 is 1.49 bits per heavy atom. The largest absolute Gasteiger partial charge is 0.332 e. The SMILES string of the molecule is CCCC1(CCC)c2ccccc2-c2ccc(/C(=N/OC(C)=O)c3cccc4ccccc34)cc21. The minimum absolute atomic E-state index is 0.0171. The van der Waals surface area contributed by atoms with Crippen molar-refractivity contribution in [2.24, 2.45) is 5.16 Å². The summed E-state index contributed by atoms with van der Waals surface area (Å²) in [5, 5.41) is 6.60. The predicted octanol–water partition coefficient (Wildman–Crippen LogP) is 8.02. The van der Waals surface area contributed by atoms with Gasteiger partial charge in [-0.1, -0.05) is 111 Å². The van der Waals surface area contributed by atoms with E-state index in [1.54, 1.807) is 0 Å². The number of rotatable bonds is 7. The fraction of sp³-hybridized carbons (Fsp3) is 0.250. The molecule has 0 atom stereocenters. The fourth-order valence-electron chi connectivity index (χ4n) is 5.92. The Bertz CT molecular complexity index is 1420. The molecule has 176 valence electrons. The minimum atomic E-state index is -0.428. The van der Waals surface area contributed by atoms with E-state index in [4.69, 9.17) is 4.84 Å². The summed E-state index contributed by atoms with van der Waals surface area (Å²) in [6.07, 6.45) is 4.41. The smallest absolute Gasteiger partial charge is 0.318 e. The van der Waals surface area contributed by atoms with Gasteiger partial charge in [-0.25, -0.2) is 4.79 Å². The second-order valence-corrected chi connectivity index (χ2v) is 9.44. The molecule has 5 rings (SSSR count). The molecule has 3 nitrogen and oxygen atoms in total. The maximum Gasteiger partial charge on any atom is 0.332 e. The highest BCUT2D eigenvalue weighted by Crippen LogP contribution is 2.54. The van der Waals surface area contributed by atoms with Crippen molar-refractivity contribution in [3.8, 4) is 11.1 Å². The van der Waals surface area contributed by atoms with Crippen LogP contribution in [0.5, 0.6) is 0 Å². The molecule has 0 saturated heterocycles. The summed E-state index contributed by atoms with van der Waals surface area (Å²) in [6, 6.07) is 29.9. The van der Waals surface area contributed by atoms with E-state index in [0.717, 1.165) is 47.6 Å². The van der Waals surface area contributed by atoms with Crippen LogP contribution < -0.4 is 0 Å². The van der Waals surface area contributed by atoms with Gasteiger partial charge in [0.15, 0.2) is 0 Å². The molecule has 4 aromatic carbocycles. The Morgan fingerprint density at radius 1 is 0.800 bits per heavy atom. The summed E-state index contributed by atoms with van der Waals surface area (Å²) in [6.45, 7) is 5.92. The van der Waals surface area contributed by atoms with Crippen molar-refractivity contribution in [1.29, 1.82) is 0 Å². The molecular weight excluding hydrogens is 430 g/mol. The molecule has 0 saturated carbocycles. The third-order valence-corrected chi connectivity index (χ3v) is 7.21. The number of nitrogens with zero attached hydrogens (tertiary/aromatic N) is 1. The number of carbonyl (C=O) groups is 1. The molecule has 0 amide bonds. The summed E-state index contributed by atoms with van der Waals surface area (Å²) in [7, 11) is 0. The van der Waals surface area contributed by atoms with Gasteiger partial charge in [-0.15, -0.1) is 0 Å². The number of benzene rings is 4. The monoisotopic (exact) mass is 461 g/mol. The Morgan fingerprint density at radius 3 is 2.26 bits per heavy atom. The summed E-state index contributed by atoms with van der Waals surface area (Å²) in [5.74, 6) is -0.428. The molecule has 35 heavy (non-hydrogen) atoms. The predicted molar refractivity (Wildman–Crippen MR) is 144 cm³/mol. The third kappa shape index (κ3) is 3.95. The lowest BCUT2D eigenvalue weighted by molar-refractivity contribution is -0.140. The zero-order valence-corrected chi connectivity index (χ0v) is 20.7. The van der Waals surface area contributed by atoms with Gasteiger partial charge < -0.3 is 4.84 Å². The topological polar surface area (TPSA) is 38.7 Å². The van der Waals surface area contributed by atoms with E-state index in [1.807, 2.05) is 18.2 Å². The molecule has 4 aromatic rings. The van der Waals surface area contributed by atoms with Crippen LogP contribution in [0.2, 0.25) is 0 Å². The molecule has 0 radical (unpaired) electrons. The molecule has 0 aliphatic heterocycles. The van der Waals surface area contributed by atoms with E-state index < -0.39 is 5.97 Å². The van der Waals surface area contributed by atoms with E-state index in [1.165, 1.54) is 29.2 Å². The molecular formula is C32H31NO2. The molecule has 0 aromatic heterocycles. The van der Waals surface area contributed by atoms with Crippen molar-refractivity contribution in [2.75, 3.05) is 0 Å². The van der Waals surface area contributed by atoms with Gasteiger partial charge in [0.05, 0.1) is 0 Å². The van der Waals surface area contributed by atoms with Crippen molar-refractivity contribution in [3.05, 3.63) is 107 Å². The molecule has 1 aliphatic rings. The lowest BCUT2D eigenvalue weighted by Gasteiger charge is -2.32. The Hall–Kier alpha value is -3.72. The number of fused-ring (bicyclic) bond motifs is 4. The Balaban J connectivity index is 1.74. The van der Waals surface area contributed by atoms with Crippen LogP contribution in [0.4, 0.5) is 0 Å². The van der Waals surface area contributed by atoms with Crippen molar-refractivity contribution in [1.82, 2.24) is 0 Å². The highest BCUT2D eigenvalue weighted by atomic mass is 16.7. The lowest BCUT2D eigenvalue weighted by Crippen LogP contribution is -2.25. The third-order valence-electron chi connectivity index (χ3n) is 7.21. The van der Waals surface area contributed by atoms with Crippen LogP contribution in [-0.4, -0.2) is 11.7 Å². The van der Waals surface area contributed by atoms with Crippen LogP contribution in [0.1, 0.15) is 68.7 Å². The lowest BCUT2D eigenvalue weighted by atomic mass is 9.71. The maximum atomic E-state index is 11.8. The van der Waals surface area contributed by atoms with Crippen LogP contribution in [0.15, 0.2) is 90.1 Å². The average molecular weight is 462 g/mol. The van der Waals surface area contributed by atoms with Crippen LogP contribution in [-0.2, 0) is 15.0 Å². The van der Waals surface area contributed by atoms with Gasteiger partial charge in [0.25, 0.3) is 0 Å². The summed E-state index contributed by atoms with van der Waals surface area (Å²) >= 11 is 0. The highest BCUT2D eigenvalue weighted by molar-refractivity contribution is 6.19. The molecule has 0 bridgehead atoms. The first kappa shape index (κ1) is 23.0. The van der Waals surface area contributed by atoms with E-state index in [9.17, 15) is 4.79 Å². The van der Waals surface area contributed by atoms with Gasteiger partial charge in [0, 0.05) is 23.5 Å². The zero-order chi connectivity index (χ0) is 24.4. The number of carbonyl (C=O) groups excluding carboxylic acids is 1. The average Bonchev–Trinajstić information content (AvgIpc) is 3.14. The molecule has 0 N–H and O–H groups in total. The first-order valence-corrected chi connectivity index (χ1v) is 12.6. The van der Waals surface area contributed by atoms with Crippen molar-refractivity contribution in [2.45, 2.75) is 51.9 Å². The number of hydrogen-bond acceptors (Lipinski definition) is 3. The van der Waals surface area contributed by atoms with Gasteiger partial charge in [-0.05, 0) is 51.9 Å². The molecule has 1 aliphatic carbocycles. The number of hydrogen-bond donors (Lipinski definition) is 0. The van der Waals surface area contributed by atoms with E-state index in [2.05, 4.69) is 85.7 Å². The number of oxime groups is 1. The quantitative estimate of drug-likeness (QED) is 0.159. The van der Waals surface area contributed by atoms with Gasteiger partial charge >= 0.3 is 5.97 Å². The summed E-state index contributed by atoms with van der Waals surface area (Å²) < 4.78 is 0. The molecule has 0 heterocycles. The van der Waals surface area contributed by atoms with E-state index >= 15 is 0 Å². The maximum absolute atomic E-state index is 11.8. The van der Waals surface area contributed by atoms with Crippen LogP contribution in [0.3, 0.4) is 0 Å². The molecule has 0 fully saturated rings. The Labute approximate surface area is 207 Å². The van der Waals surface area contributed by atoms with Crippen LogP contribution in [0, 0.1) is 0 Å². The second kappa shape index (κ2) is 9.50. The summed E-state index contributed by atoms with van der Waals surface area (Å²) in [5.41, 5.74) is 8.00. The summed E-state index contributed by atoms with van der Waals surface area (Å²) in [4.78, 5) is 17.0. The molecule has 3 heteroatoms. The van der Waals surface area contributed by atoms with Crippen molar-refractivity contribution < 1.29 is 9.63 Å². The van der Waals surface area contributed by atoms with E-state index in [0.29, 0.717) is 5.71 Å². The second-order valence-electron chi connectivity index (χ2n) is 9.44. The first-order chi connectivity index (χ1) is 17.1. The van der Waals surface area contributed by atoms with Crippen molar-refractivity contribution in [3.63, 3.8) is 0 Å². The first-order valence-electron chi connectivity index (χ1n) is 12.6.